The monoisotopic (exact) mass is 469 g/mol. The van der Waals surface area contributed by atoms with Crippen molar-refractivity contribution < 1.29 is 9.62 Å². The SMILES string of the molecule is CN1CCN(Cc2cnc(C3(Nc4coc5cnccc45)Cc4ccccc4C3=NO)nc2)CC1. The molecular formula is C26H27N7O2. The number of piperazine rings is 1. The minimum atomic E-state index is -0.953. The van der Waals surface area contributed by atoms with Crippen molar-refractivity contribution in [2.24, 2.45) is 5.16 Å². The fourth-order valence-electron chi connectivity index (χ4n) is 5.12. The summed E-state index contributed by atoms with van der Waals surface area (Å²) in [5.74, 6) is 0.548. The summed E-state index contributed by atoms with van der Waals surface area (Å²) in [6, 6.07) is 9.84. The second kappa shape index (κ2) is 8.75. The Kier molecular flexibility index (Phi) is 5.43. The number of likely N-dealkylation sites (N-methyl/N-ethyl adjacent to an activating group) is 1. The van der Waals surface area contributed by atoms with Crippen LogP contribution in [0.4, 0.5) is 5.69 Å². The number of anilines is 1. The summed E-state index contributed by atoms with van der Waals surface area (Å²) in [5, 5.41) is 18.4. The zero-order valence-electron chi connectivity index (χ0n) is 19.6. The van der Waals surface area contributed by atoms with Gasteiger partial charge in [0.2, 0.25) is 0 Å². The van der Waals surface area contributed by atoms with Crippen LogP contribution in [0.1, 0.15) is 22.5 Å². The lowest BCUT2D eigenvalue weighted by Gasteiger charge is -2.32. The molecule has 1 aliphatic heterocycles. The van der Waals surface area contributed by atoms with E-state index in [4.69, 9.17) is 14.4 Å². The van der Waals surface area contributed by atoms with Gasteiger partial charge in [0.05, 0.1) is 11.9 Å². The lowest BCUT2D eigenvalue weighted by Crippen LogP contribution is -2.44. The third kappa shape index (κ3) is 3.82. The fraction of sp³-hybridized carbons (Fsp3) is 0.308. The van der Waals surface area contributed by atoms with Gasteiger partial charge in [-0.25, -0.2) is 9.97 Å². The first kappa shape index (κ1) is 21.7. The third-order valence-electron chi connectivity index (χ3n) is 7.05. The number of rotatable bonds is 5. The normalized spacial score (nSPS) is 22.0. The molecule has 0 bridgehead atoms. The topological polar surface area (TPSA) is 103 Å². The Bertz CT molecular complexity index is 1380. The smallest absolute Gasteiger partial charge is 0.160 e. The molecule has 2 N–H and O–H groups in total. The van der Waals surface area contributed by atoms with Gasteiger partial charge in [-0.3, -0.25) is 9.88 Å². The summed E-state index contributed by atoms with van der Waals surface area (Å²) in [7, 11) is 2.15. The molecule has 3 aromatic heterocycles. The van der Waals surface area contributed by atoms with E-state index >= 15 is 0 Å². The molecule has 9 nitrogen and oxygen atoms in total. The minimum Gasteiger partial charge on any atom is -0.460 e. The summed E-state index contributed by atoms with van der Waals surface area (Å²) < 4.78 is 5.72. The van der Waals surface area contributed by atoms with Gasteiger partial charge in [-0.15, -0.1) is 0 Å². The lowest BCUT2D eigenvalue weighted by atomic mass is 9.91. The fourth-order valence-corrected chi connectivity index (χ4v) is 5.12. The maximum Gasteiger partial charge on any atom is 0.160 e. The zero-order chi connectivity index (χ0) is 23.8. The molecule has 1 fully saturated rings. The number of furan rings is 1. The van der Waals surface area contributed by atoms with E-state index in [9.17, 15) is 5.21 Å². The van der Waals surface area contributed by atoms with Crippen molar-refractivity contribution in [3.8, 4) is 0 Å². The molecule has 9 heteroatoms. The average molecular weight is 470 g/mol. The van der Waals surface area contributed by atoms with Gasteiger partial charge in [0.15, 0.2) is 11.4 Å². The number of hydrogen-bond donors (Lipinski definition) is 2. The predicted octanol–water partition coefficient (Wildman–Crippen LogP) is 3.11. The number of fused-ring (bicyclic) bond motifs is 2. The first-order valence-electron chi connectivity index (χ1n) is 11.8. The number of aromatic nitrogens is 3. The molecule has 4 heterocycles. The third-order valence-corrected chi connectivity index (χ3v) is 7.05. The highest BCUT2D eigenvalue weighted by Gasteiger charge is 2.48. The van der Waals surface area contributed by atoms with E-state index in [-0.39, 0.29) is 0 Å². The van der Waals surface area contributed by atoms with Gasteiger partial charge in [0, 0.05) is 74.2 Å². The van der Waals surface area contributed by atoms with Crippen LogP contribution in [0, 0.1) is 0 Å². The van der Waals surface area contributed by atoms with Crippen LogP contribution in [0.3, 0.4) is 0 Å². The summed E-state index contributed by atoms with van der Waals surface area (Å²) >= 11 is 0. The number of oxime groups is 1. The summed E-state index contributed by atoms with van der Waals surface area (Å²) in [6.45, 7) is 5.00. The van der Waals surface area contributed by atoms with Crippen LogP contribution in [-0.2, 0) is 18.5 Å². The number of hydrogen-bond acceptors (Lipinski definition) is 9. The quantitative estimate of drug-likeness (QED) is 0.340. The molecule has 1 atom stereocenters. The van der Waals surface area contributed by atoms with Crippen LogP contribution in [0.15, 0.2) is 71.0 Å². The molecule has 1 unspecified atom stereocenters. The molecule has 0 amide bonds. The van der Waals surface area contributed by atoms with Gasteiger partial charge in [-0.2, -0.15) is 0 Å². The standard InChI is InChI=1S/C26H27N7O2/c1-32-8-10-33(11-9-32)16-18-13-28-25(29-14-18)26(12-19-4-2-3-5-20(19)24(26)31-34)30-22-17-35-23-15-27-7-6-21(22)23/h2-7,13-15,17,30,34H,8-12,16H2,1H3. The highest BCUT2D eigenvalue weighted by Crippen LogP contribution is 2.41. The molecule has 1 saturated heterocycles. The molecule has 0 saturated carbocycles. The number of nitrogens with zero attached hydrogens (tertiary/aromatic N) is 6. The maximum absolute atomic E-state index is 10.2. The first-order chi connectivity index (χ1) is 17.2. The van der Waals surface area contributed by atoms with Gasteiger partial charge in [-0.1, -0.05) is 29.4 Å². The predicted molar refractivity (Wildman–Crippen MR) is 133 cm³/mol. The van der Waals surface area contributed by atoms with Crippen LogP contribution in [-0.4, -0.2) is 68.9 Å². The van der Waals surface area contributed by atoms with E-state index in [0.717, 1.165) is 60.5 Å². The van der Waals surface area contributed by atoms with Gasteiger partial charge >= 0.3 is 0 Å². The largest absolute Gasteiger partial charge is 0.460 e. The zero-order valence-corrected chi connectivity index (χ0v) is 19.6. The molecule has 6 rings (SSSR count). The van der Waals surface area contributed by atoms with E-state index in [0.29, 0.717) is 23.5 Å². The molecule has 1 aromatic carbocycles. The Morgan fingerprint density at radius 3 is 2.69 bits per heavy atom. The van der Waals surface area contributed by atoms with E-state index in [2.05, 4.69) is 32.3 Å². The number of nitrogens with one attached hydrogen (secondary N) is 1. The lowest BCUT2D eigenvalue weighted by molar-refractivity contribution is 0.148. The van der Waals surface area contributed by atoms with E-state index in [1.807, 2.05) is 42.7 Å². The van der Waals surface area contributed by atoms with Gasteiger partial charge < -0.3 is 19.8 Å². The molecule has 2 aliphatic rings. The second-order valence-electron chi connectivity index (χ2n) is 9.33. The Labute approximate surface area is 203 Å². The Hall–Kier alpha value is -3.82. The Morgan fingerprint density at radius 1 is 1.09 bits per heavy atom. The second-order valence-corrected chi connectivity index (χ2v) is 9.33. The van der Waals surface area contributed by atoms with E-state index in [1.54, 1.807) is 18.7 Å². The summed E-state index contributed by atoms with van der Waals surface area (Å²) in [4.78, 5) is 18.5. The van der Waals surface area contributed by atoms with Gasteiger partial charge in [-0.05, 0) is 18.7 Å². The highest BCUT2D eigenvalue weighted by molar-refractivity contribution is 6.13. The van der Waals surface area contributed by atoms with E-state index in [1.165, 1.54) is 0 Å². The maximum atomic E-state index is 10.2. The molecule has 35 heavy (non-hydrogen) atoms. The van der Waals surface area contributed by atoms with Gasteiger partial charge in [0.1, 0.15) is 17.5 Å². The Balaban J connectivity index is 1.38. The van der Waals surface area contributed by atoms with Gasteiger partial charge in [0.25, 0.3) is 0 Å². The summed E-state index contributed by atoms with van der Waals surface area (Å²) in [6.07, 6.45) is 9.38. The highest BCUT2D eigenvalue weighted by atomic mass is 16.4. The van der Waals surface area contributed by atoms with Crippen molar-refractivity contribution in [2.45, 2.75) is 18.5 Å². The van der Waals surface area contributed by atoms with Crippen molar-refractivity contribution in [2.75, 3.05) is 38.5 Å². The van der Waals surface area contributed by atoms with Crippen molar-refractivity contribution in [3.63, 3.8) is 0 Å². The van der Waals surface area contributed by atoms with Crippen molar-refractivity contribution in [3.05, 3.63) is 83.9 Å². The van der Waals surface area contributed by atoms with Crippen LogP contribution in [0.25, 0.3) is 11.0 Å². The molecule has 1 aliphatic carbocycles. The average Bonchev–Trinajstić information content (AvgIpc) is 3.45. The summed E-state index contributed by atoms with van der Waals surface area (Å²) in [5.41, 5.74) is 3.97. The molecule has 178 valence electrons. The minimum absolute atomic E-state index is 0.489. The van der Waals surface area contributed by atoms with Crippen molar-refractivity contribution in [1.82, 2.24) is 24.8 Å². The Morgan fingerprint density at radius 2 is 1.89 bits per heavy atom. The molecule has 0 radical (unpaired) electrons. The van der Waals surface area contributed by atoms with Crippen molar-refractivity contribution >= 4 is 22.4 Å². The number of pyridine rings is 1. The molecule has 4 aromatic rings. The number of benzene rings is 1. The van der Waals surface area contributed by atoms with Crippen molar-refractivity contribution in [1.29, 1.82) is 0 Å². The van der Waals surface area contributed by atoms with Crippen LogP contribution < -0.4 is 5.32 Å². The van der Waals surface area contributed by atoms with Crippen LogP contribution in [0.2, 0.25) is 0 Å². The van der Waals surface area contributed by atoms with Crippen LogP contribution in [0.5, 0.6) is 0 Å². The van der Waals surface area contributed by atoms with Crippen LogP contribution >= 0.6 is 0 Å². The molecule has 0 spiro atoms. The first-order valence-corrected chi connectivity index (χ1v) is 11.8. The molecular weight excluding hydrogens is 442 g/mol. The van der Waals surface area contributed by atoms with E-state index < -0.39 is 5.54 Å².